The van der Waals surface area contributed by atoms with Crippen molar-refractivity contribution in [3.63, 3.8) is 0 Å². The molecule has 0 unspecified atom stereocenters. The van der Waals surface area contributed by atoms with Crippen molar-refractivity contribution in [2.45, 2.75) is 52.9 Å². The van der Waals surface area contributed by atoms with E-state index >= 15 is 0 Å². The van der Waals surface area contributed by atoms with Crippen molar-refractivity contribution in [3.8, 4) is 0 Å². The van der Waals surface area contributed by atoms with Crippen molar-refractivity contribution in [2.75, 3.05) is 0 Å². The average Bonchev–Trinajstić information content (AvgIpc) is 2.51. The SMILES string of the molecule is C=C1C(C)=C(C2=C(F)CCC=C2)Cc2c1cc(C)cc2C(C)C. The monoisotopic (exact) mass is 308 g/mol. The molecule has 0 aromatic heterocycles. The highest BCUT2D eigenvalue weighted by atomic mass is 19.1. The summed E-state index contributed by atoms with van der Waals surface area (Å²) in [6.45, 7) is 13.0. The minimum atomic E-state index is 0.0244. The molecular formula is C22H25F. The Kier molecular flexibility index (Phi) is 4.14. The van der Waals surface area contributed by atoms with Crippen LogP contribution in [0.4, 0.5) is 4.39 Å². The second-order valence-corrected chi connectivity index (χ2v) is 7.05. The molecule has 0 N–H and O–H groups in total. The minimum absolute atomic E-state index is 0.0244. The first-order chi connectivity index (χ1) is 10.9. The quantitative estimate of drug-likeness (QED) is 0.579. The van der Waals surface area contributed by atoms with Crippen molar-refractivity contribution in [1.29, 1.82) is 0 Å². The fraction of sp³-hybridized carbons (Fsp3) is 0.364. The van der Waals surface area contributed by atoms with Gasteiger partial charge in [-0.15, -0.1) is 0 Å². The molecule has 0 saturated heterocycles. The van der Waals surface area contributed by atoms with E-state index in [4.69, 9.17) is 0 Å². The lowest BCUT2D eigenvalue weighted by atomic mass is 9.76. The van der Waals surface area contributed by atoms with Crippen LogP contribution in [0.1, 0.15) is 61.8 Å². The van der Waals surface area contributed by atoms with E-state index in [-0.39, 0.29) is 5.83 Å². The zero-order valence-electron chi connectivity index (χ0n) is 14.6. The Bertz CT molecular complexity index is 769. The molecule has 0 saturated carbocycles. The third-order valence-electron chi connectivity index (χ3n) is 5.07. The number of aryl methyl sites for hydroxylation is 1. The van der Waals surface area contributed by atoms with E-state index in [2.05, 4.69) is 52.5 Å². The molecule has 1 heteroatoms. The number of hydrogen-bond donors (Lipinski definition) is 0. The van der Waals surface area contributed by atoms with E-state index in [1.54, 1.807) is 0 Å². The Morgan fingerprint density at radius 1 is 1.17 bits per heavy atom. The molecular weight excluding hydrogens is 283 g/mol. The second kappa shape index (κ2) is 5.96. The van der Waals surface area contributed by atoms with Crippen molar-refractivity contribution in [1.82, 2.24) is 0 Å². The molecule has 0 fully saturated rings. The molecule has 0 bridgehead atoms. The summed E-state index contributed by atoms with van der Waals surface area (Å²) in [6, 6.07) is 4.50. The highest BCUT2D eigenvalue weighted by Gasteiger charge is 2.25. The van der Waals surface area contributed by atoms with E-state index in [0.717, 1.165) is 35.1 Å². The first-order valence-corrected chi connectivity index (χ1v) is 8.48. The van der Waals surface area contributed by atoms with E-state index in [1.165, 1.54) is 22.3 Å². The molecule has 0 radical (unpaired) electrons. The van der Waals surface area contributed by atoms with E-state index in [9.17, 15) is 4.39 Å². The van der Waals surface area contributed by atoms with Gasteiger partial charge in [0.25, 0.3) is 0 Å². The van der Waals surface area contributed by atoms with Crippen LogP contribution in [0.5, 0.6) is 0 Å². The van der Waals surface area contributed by atoms with Gasteiger partial charge < -0.3 is 0 Å². The smallest absolute Gasteiger partial charge is 0.108 e. The predicted molar refractivity (Wildman–Crippen MR) is 97.2 cm³/mol. The molecule has 1 aromatic carbocycles. The highest BCUT2D eigenvalue weighted by Crippen LogP contribution is 2.42. The number of rotatable bonds is 2. The molecule has 0 nitrogen and oxygen atoms in total. The molecule has 2 aliphatic rings. The maximum absolute atomic E-state index is 14.4. The molecule has 1 aromatic rings. The van der Waals surface area contributed by atoms with E-state index in [1.807, 2.05) is 6.08 Å². The number of fused-ring (bicyclic) bond motifs is 1. The van der Waals surface area contributed by atoms with Gasteiger partial charge in [-0.25, -0.2) is 4.39 Å². The summed E-state index contributed by atoms with van der Waals surface area (Å²) in [4.78, 5) is 0. The first-order valence-electron chi connectivity index (χ1n) is 8.48. The summed E-state index contributed by atoms with van der Waals surface area (Å²) >= 11 is 0. The zero-order chi connectivity index (χ0) is 16.7. The van der Waals surface area contributed by atoms with Crippen LogP contribution in [0.25, 0.3) is 5.57 Å². The van der Waals surface area contributed by atoms with Gasteiger partial charge in [0.2, 0.25) is 0 Å². The predicted octanol–water partition coefficient (Wildman–Crippen LogP) is 6.58. The van der Waals surface area contributed by atoms with Crippen LogP contribution in [0.3, 0.4) is 0 Å². The van der Waals surface area contributed by atoms with Crippen LogP contribution in [-0.2, 0) is 6.42 Å². The van der Waals surface area contributed by atoms with Gasteiger partial charge in [0, 0.05) is 12.0 Å². The van der Waals surface area contributed by atoms with Gasteiger partial charge in [-0.3, -0.25) is 0 Å². The van der Waals surface area contributed by atoms with E-state index < -0.39 is 0 Å². The fourth-order valence-electron chi connectivity index (χ4n) is 3.72. The number of benzene rings is 1. The van der Waals surface area contributed by atoms with Crippen LogP contribution in [0.2, 0.25) is 0 Å². The summed E-state index contributed by atoms with van der Waals surface area (Å²) < 4.78 is 14.4. The lowest BCUT2D eigenvalue weighted by Gasteiger charge is -2.29. The minimum Gasteiger partial charge on any atom is -0.211 e. The second-order valence-electron chi connectivity index (χ2n) is 7.05. The van der Waals surface area contributed by atoms with Gasteiger partial charge in [0.1, 0.15) is 5.83 Å². The molecule has 3 rings (SSSR count). The third kappa shape index (κ3) is 2.73. The maximum Gasteiger partial charge on any atom is 0.108 e. The standard InChI is InChI=1S/C22H25F/c1-13(2)18-10-14(3)11-19-15(4)16(5)20(12-21(18)19)17-8-6-7-9-22(17)23/h6,8,10-11,13H,4,7,9,12H2,1-3,5H3. The van der Waals surface area contributed by atoms with Gasteiger partial charge in [-0.1, -0.05) is 50.3 Å². The topological polar surface area (TPSA) is 0 Å². The van der Waals surface area contributed by atoms with Crippen molar-refractivity contribution < 1.29 is 4.39 Å². The van der Waals surface area contributed by atoms with Crippen molar-refractivity contribution in [3.05, 3.63) is 75.7 Å². The number of halogens is 1. The van der Waals surface area contributed by atoms with Gasteiger partial charge in [-0.2, -0.15) is 0 Å². The Hall–Kier alpha value is -1.89. The third-order valence-corrected chi connectivity index (χ3v) is 5.07. The highest BCUT2D eigenvalue weighted by molar-refractivity contribution is 5.85. The summed E-state index contributed by atoms with van der Waals surface area (Å²) in [7, 11) is 0. The summed E-state index contributed by atoms with van der Waals surface area (Å²) in [6.07, 6.45) is 6.16. The lowest BCUT2D eigenvalue weighted by Crippen LogP contribution is -2.13. The first kappa shape index (κ1) is 16.0. The fourth-order valence-corrected chi connectivity index (χ4v) is 3.72. The molecule has 0 heterocycles. The molecule has 0 amide bonds. The van der Waals surface area contributed by atoms with E-state index in [0.29, 0.717) is 12.3 Å². The Balaban J connectivity index is 2.18. The van der Waals surface area contributed by atoms with Crippen LogP contribution in [-0.4, -0.2) is 0 Å². The largest absolute Gasteiger partial charge is 0.211 e. The lowest BCUT2D eigenvalue weighted by molar-refractivity contribution is 0.578. The molecule has 23 heavy (non-hydrogen) atoms. The number of hydrogen-bond acceptors (Lipinski definition) is 0. The molecule has 0 spiro atoms. The normalized spacial score (nSPS) is 18.1. The summed E-state index contributed by atoms with van der Waals surface area (Å²) in [5.74, 6) is 0.480. The van der Waals surface area contributed by atoms with Gasteiger partial charge >= 0.3 is 0 Å². The maximum atomic E-state index is 14.4. The van der Waals surface area contributed by atoms with Gasteiger partial charge in [0.05, 0.1) is 0 Å². The van der Waals surface area contributed by atoms with Crippen molar-refractivity contribution in [2.24, 2.45) is 0 Å². The zero-order valence-corrected chi connectivity index (χ0v) is 14.6. The molecule has 0 atom stereocenters. The molecule has 120 valence electrons. The summed E-state index contributed by atoms with van der Waals surface area (Å²) in [5, 5.41) is 0. The van der Waals surface area contributed by atoms with Gasteiger partial charge in [-0.05, 0) is 66.0 Å². The Morgan fingerprint density at radius 2 is 1.91 bits per heavy atom. The average molecular weight is 308 g/mol. The van der Waals surface area contributed by atoms with Crippen LogP contribution in [0.15, 0.2) is 53.4 Å². The van der Waals surface area contributed by atoms with Crippen molar-refractivity contribution >= 4 is 5.57 Å². The van der Waals surface area contributed by atoms with Crippen LogP contribution in [0, 0.1) is 6.92 Å². The Labute approximate surface area is 139 Å². The molecule has 0 aliphatic heterocycles. The Morgan fingerprint density at radius 3 is 2.57 bits per heavy atom. The summed E-state index contributed by atoms with van der Waals surface area (Å²) in [5.41, 5.74) is 9.30. The van der Waals surface area contributed by atoms with Crippen LogP contribution >= 0.6 is 0 Å². The number of allylic oxidation sites excluding steroid dienone is 7. The van der Waals surface area contributed by atoms with Gasteiger partial charge in [0.15, 0.2) is 0 Å². The van der Waals surface area contributed by atoms with Crippen LogP contribution < -0.4 is 0 Å². The molecule has 2 aliphatic carbocycles.